The molecule has 0 aliphatic carbocycles. The normalized spacial score (nSPS) is 13.0. The second-order valence-corrected chi connectivity index (χ2v) is 5.08. The van der Waals surface area contributed by atoms with Gasteiger partial charge in [-0.25, -0.2) is 0 Å². The Morgan fingerprint density at radius 3 is 2.81 bits per heavy atom. The SMILES string of the molecule is Cc1cc2cc(Br)ccc2nc1C(C)CN. The van der Waals surface area contributed by atoms with Crippen LogP contribution in [0.4, 0.5) is 0 Å². The topological polar surface area (TPSA) is 38.9 Å². The zero-order valence-electron chi connectivity index (χ0n) is 9.50. The number of fused-ring (bicyclic) bond motifs is 1. The van der Waals surface area contributed by atoms with Gasteiger partial charge in [-0.1, -0.05) is 22.9 Å². The fraction of sp³-hybridized carbons (Fsp3) is 0.308. The fourth-order valence-corrected chi connectivity index (χ4v) is 2.26. The van der Waals surface area contributed by atoms with E-state index < -0.39 is 0 Å². The number of rotatable bonds is 2. The van der Waals surface area contributed by atoms with Crippen LogP contribution in [0.2, 0.25) is 0 Å². The minimum Gasteiger partial charge on any atom is -0.330 e. The van der Waals surface area contributed by atoms with E-state index >= 15 is 0 Å². The highest BCUT2D eigenvalue weighted by molar-refractivity contribution is 9.10. The van der Waals surface area contributed by atoms with Crippen molar-refractivity contribution in [2.24, 2.45) is 5.73 Å². The molecule has 0 saturated carbocycles. The van der Waals surface area contributed by atoms with Crippen molar-refractivity contribution in [2.75, 3.05) is 6.54 Å². The summed E-state index contributed by atoms with van der Waals surface area (Å²) in [7, 11) is 0. The van der Waals surface area contributed by atoms with Crippen molar-refractivity contribution < 1.29 is 0 Å². The Morgan fingerprint density at radius 1 is 1.38 bits per heavy atom. The number of nitrogens with zero attached hydrogens (tertiary/aromatic N) is 1. The minimum absolute atomic E-state index is 0.313. The highest BCUT2D eigenvalue weighted by atomic mass is 79.9. The summed E-state index contributed by atoms with van der Waals surface area (Å²) < 4.78 is 1.08. The van der Waals surface area contributed by atoms with E-state index in [1.165, 1.54) is 10.9 Å². The monoisotopic (exact) mass is 278 g/mol. The number of nitrogens with two attached hydrogens (primary N) is 1. The van der Waals surface area contributed by atoms with Gasteiger partial charge in [-0.3, -0.25) is 4.98 Å². The van der Waals surface area contributed by atoms with Crippen LogP contribution >= 0.6 is 15.9 Å². The smallest absolute Gasteiger partial charge is 0.0706 e. The second kappa shape index (κ2) is 4.52. The van der Waals surface area contributed by atoms with Gasteiger partial charge in [0.2, 0.25) is 0 Å². The molecule has 0 spiro atoms. The Kier molecular flexibility index (Phi) is 3.26. The second-order valence-electron chi connectivity index (χ2n) is 4.16. The van der Waals surface area contributed by atoms with Crippen molar-refractivity contribution in [3.05, 3.63) is 40.0 Å². The van der Waals surface area contributed by atoms with Crippen molar-refractivity contribution in [1.82, 2.24) is 4.98 Å². The maximum Gasteiger partial charge on any atom is 0.0706 e. The zero-order valence-corrected chi connectivity index (χ0v) is 11.1. The molecule has 1 heterocycles. The fourth-order valence-electron chi connectivity index (χ4n) is 1.88. The molecular formula is C13H15BrN2. The maximum atomic E-state index is 5.69. The van der Waals surface area contributed by atoms with Crippen LogP contribution in [0.5, 0.6) is 0 Å². The van der Waals surface area contributed by atoms with Crippen molar-refractivity contribution in [3.63, 3.8) is 0 Å². The van der Waals surface area contributed by atoms with Crippen LogP contribution in [0.25, 0.3) is 10.9 Å². The average molecular weight is 279 g/mol. The molecule has 84 valence electrons. The predicted octanol–water partition coefficient (Wildman–Crippen LogP) is 3.37. The molecule has 2 N–H and O–H groups in total. The van der Waals surface area contributed by atoms with Gasteiger partial charge >= 0.3 is 0 Å². The van der Waals surface area contributed by atoms with E-state index in [4.69, 9.17) is 5.73 Å². The molecule has 0 fully saturated rings. The lowest BCUT2D eigenvalue weighted by Gasteiger charge is -2.12. The van der Waals surface area contributed by atoms with Crippen molar-refractivity contribution in [3.8, 4) is 0 Å². The third kappa shape index (κ3) is 2.11. The number of aryl methyl sites for hydroxylation is 1. The third-order valence-corrected chi connectivity index (χ3v) is 3.32. The van der Waals surface area contributed by atoms with Gasteiger partial charge in [-0.05, 0) is 36.8 Å². The molecule has 16 heavy (non-hydrogen) atoms. The maximum absolute atomic E-state index is 5.69. The summed E-state index contributed by atoms with van der Waals surface area (Å²) in [4.78, 5) is 4.69. The highest BCUT2D eigenvalue weighted by Gasteiger charge is 2.09. The summed E-state index contributed by atoms with van der Waals surface area (Å²) >= 11 is 3.47. The van der Waals surface area contributed by atoms with Gasteiger partial charge in [0, 0.05) is 28.0 Å². The van der Waals surface area contributed by atoms with E-state index in [1.54, 1.807) is 0 Å². The molecule has 2 aromatic rings. The molecule has 3 heteroatoms. The van der Waals surface area contributed by atoms with Crippen molar-refractivity contribution in [1.29, 1.82) is 0 Å². The number of aromatic nitrogens is 1. The van der Waals surface area contributed by atoms with Crippen LogP contribution in [0.3, 0.4) is 0 Å². The molecule has 0 bridgehead atoms. The molecule has 1 atom stereocenters. The van der Waals surface area contributed by atoms with E-state index in [1.807, 2.05) is 12.1 Å². The summed E-state index contributed by atoms with van der Waals surface area (Å²) in [5.74, 6) is 0.313. The molecule has 1 aromatic carbocycles. The van der Waals surface area contributed by atoms with Crippen LogP contribution in [0.1, 0.15) is 24.1 Å². The van der Waals surface area contributed by atoms with Crippen molar-refractivity contribution in [2.45, 2.75) is 19.8 Å². The van der Waals surface area contributed by atoms with Crippen LogP contribution < -0.4 is 5.73 Å². The van der Waals surface area contributed by atoms with Crippen LogP contribution in [0, 0.1) is 6.92 Å². The Balaban J connectivity index is 2.62. The van der Waals surface area contributed by atoms with Gasteiger partial charge < -0.3 is 5.73 Å². The van der Waals surface area contributed by atoms with Crippen LogP contribution in [0.15, 0.2) is 28.7 Å². The van der Waals surface area contributed by atoms with Gasteiger partial charge in [0.1, 0.15) is 0 Å². The van der Waals surface area contributed by atoms with Gasteiger partial charge in [0.05, 0.1) is 5.52 Å². The summed E-state index contributed by atoms with van der Waals surface area (Å²) in [5, 5.41) is 1.17. The van der Waals surface area contributed by atoms with E-state index in [2.05, 4.69) is 46.9 Å². The summed E-state index contributed by atoms with van der Waals surface area (Å²) in [5.41, 5.74) is 9.05. The number of benzene rings is 1. The van der Waals surface area contributed by atoms with E-state index in [9.17, 15) is 0 Å². The van der Waals surface area contributed by atoms with Gasteiger partial charge in [-0.15, -0.1) is 0 Å². The standard InChI is InChI=1S/C13H15BrN2/c1-8-5-10-6-11(14)3-4-12(10)16-13(8)9(2)7-15/h3-6,9H,7,15H2,1-2H3. The molecule has 2 nitrogen and oxygen atoms in total. The van der Waals surface area contributed by atoms with Crippen LogP contribution in [-0.4, -0.2) is 11.5 Å². The minimum atomic E-state index is 0.313. The molecule has 0 amide bonds. The average Bonchev–Trinajstić information content (AvgIpc) is 2.27. The first kappa shape index (κ1) is 11.6. The Hall–Kier alpha value is -0.930. The lowest BCUT2D eigenvalue weighted by atomic mass is 10.0. The molecule has 0 aliphatic rings. The van der Waals surface area contributed by atoms with Crippen LogP contribution in [-0.2, 0) is 0 Å². The number of hydrogen-bond donors (Lipinski definition) is 1. The summed E-state index contributed by atoms with van der Waals surface area (Å²) in [6, 6.07) is 8.31. The largest absolute Gasteiger partial charge is 0.330 e. The van der Waals surface area contributed by atoms with Crippen molar-refractivity contribution >= 4 is 26.8 Å². The molecule has 1 unspecified atom stereocenters. The first-order valence-corrected chi connectivity index (χ1v) is 6.18. The summed E-state index contributed by atoms with van der Waals surface area (Å²) in [6.45, 7) is 4.84. The Labute approximate surface area is 104 Å². The first-order valence-electron chi connectivity index (χ1n) is 5.38. The van der Waals surface area contributed by atoms with E-state index in [-0.39, 0.29) is 0 Å². The van der Waals surface area contributed by atoms with E-state index in [0.29, 0.717) is 12.5 Å². The molecular weight excluding hydrogens is 264 g/mol. The van der Waals surface area contributed by atoms with E-state index in [0.717, 1.165) is 15.7 Å². The molecule has 0 aliphatic heterocycles. The summed E-state index contributed by atoms with van der Waals surface area (Å²) in [6.07, 6.45) is 0. The lowest BCUT2D eigenvalue weighted by Crippen LogP contribution is -2.11. The Morgan fingerprint density at radius 2 is 2.12 bits per heavy atom. The highest BCUT2D eigenvalue weighted by Crippen LogP contribution is 2.24. The van der Waals surface area contributed by atoms with Gasteiger partial charge in [0.15, 0.2) is 0 Å². The zero-order chi connectivity index (χ0) is 11.7. The molecule has 2 rings (SSSR count). The molecule has 1 aromatic heterocycles. The molecule has 0 saturated heterocycles. The third-order valence-electron chi connectivity index (χ3n) is 2.83. The van der Waals surface area contributed by atoms with Gasteiger partial charge in [-0.2, -0.15) is 0 Å². The number of pyridine rings is 1. The predicted molar refractivity (Wildman–Crippen MR) is 71.6 cm³/mol. The number of hydrogen-bond acceptors (Lipinski definition) is 2. The Bertz CT molecular complexity index is 523. The lowest BCUT2D eigenvalue weighted by molar-refractivity contribution is 0.743. The first-order chi connectivity index (χ1) is 7.61. The molecule has 0 radical (unpaired) electrons. The van der Waals surface area contributed by atoms with Gasteiger partial charge in [0.25, 0.3) is 0 Å². The number of halogens is 1. The quantitative estimate of drug-likeness (QED) is 0.915.